The molecule has 0 saturated carbocycles. The van der Waals surface area contributed by atoms with Crippen molar-refractivity contribution in [3.63, 3.8) is 0 Å². The quantitative estimate of drug-likeness (QED) is 0.705. The molecule has 1 N–H and O–H groups in total. The third-order valence-electron chi connectivity index (χ3n) is 4.54. The van der Waals surface area contributed by atoms with Crippen molar-refractivity contribution in [1.29, 1.82) is 0 Å². The Morgan fingerprint density at radius 1 is 1.10 bits per heavy atom. The molecule has 2 aromatic heterocycles. The maximum absolute atomic E-state index is 13.0. The van der Waals surface area contributed by atoms with E-state index in [9.17, 15) is 22.8 Å². The van der Waals surface area contributed by atoms with Crippen molar-refractivity contribution in [3.05, 3.63) is 86.7 Å². The van der Waals surface area contributed by atoms with Gasteiger partial charge in [-0.3, -0.25) is 14.2 Å². The van der Waals surface area contributed by atoms with Crippen LogP contribution in [-0.2, 0) is 12.7 Å². The zero-order chi connectivity index (χ0) is 21.3. The highest BCUT2D eigenvalue weighted by molar-refractivity contribution is 5.93. The van der Waals surface area contributed by atoms with Crippen LogP contribution in [0.3, 0.4) is 0 Å². The minimum atomic E-state index is -4.54. The Bertz CT molecular complexity index is 1130. The number of amides is 1. The number of nitrogens with zero attached hydrogens (tertiary/aromatic N) is 1. The molecule has 2 heterocycles. The average molecular weight is 404 g/mol. The van der Waals surface area contributed by atoms with Gasteiger partial charge in [0.25, 0.3) is 11.5 Å². The van der Waals surface area contributed by atoms with E-state index in [1.54, 1.807) is 26.8 Å². The number of pyridine rings is 1. The summed E-state index contributed by atoms with van der Waals surface area (Å²) in [5.74, 6) is 0.746. The van der Waals surface area contributed by atoms with E-state index in [0.717, 1.165) is 22.3 Å². The summed E-state index contributed by atoms with van der Waals surface area (Å²) in [5.41, 5.74) is -0.499. The highest BCUT2D eigenvalue weighted by Gasteiger charge is 2.30. The fraction of sp³-hybridized carbons (Fsp3) is 0.238. The standard InChI is InChI=1S/C21H19F3N2O3/c1-12-7-8-18(19(27)25-11-15-9-13(2)29-14(15)3)20(28)26(12)17-6-4-5-16(10-17)21(22,23)24/h4-10H,11H2,1-3H3,(H,25,27). The largest absolute Gasteiger partial charge is 0.466 e. The van der Waals surface area contributed by atoms with Gasteiger partial charge in [-0.15, -0.1) is 0 Å². The number of furan rings is 1. The van der Waals surface area contributed by atoms with Crippen molar-refractivity contribution in [2.45, 2.75) is 33.5 Å². The fourth-order valence-corrected chi connectivity index (χ4v) is 3.08. The molecule has 3 rings (SSSR count). The molecular weight excluding hydrogens is 385 g/mol. The van der Waals surface area contributed by atoms with Crippen molar-refractivity contribution < 1.29 is 22.4 Å². The van der Waals surface area contributed by atoms with Crippen LogP contribution in [0, 0.1) is 20.8 Å². The SMILES string of the molecule is Cc1cc(CNC(=O)c2ccc(C)n(-c3cccc(C(F)(F)F)c3)c2=O)c(C)o1. The second-order valence-corrected chi connectivity index (χ2v) is 6.70. The number of hydrogen-bond acceptors (Lipinski definition) is 3. The van der Waals surface area contributed by atoms with Crippen LogP contribution < -0.4 is 10.9 Å². The van der Waals surface area contributed by atoms with Gasteiger partial charge in [0.15, 0.2) is 0 Å². The molecule has 29 heavy (non-hydrogen) atoms. The van der Waals surface area contributed by atoms with Gasteiger partial charge in [0.1, 0.15) is 17.1 Å². The number of rotatable bonds is 4. The lowest BCUT2D eigenvalue weighted by molar-refractivity contribution is -0.137. The van der Waals surface area contributed by atoms with Crippen molar-refractivity contribution in [3.8, 4) is 5.69 Å². The van der Waals surface area contributed by atoms with E-state index >= 15 is 0 Å². The van der Waals surface area contributed by atoms with Gasteiger partial charge in [0.05, 0.1) is 5.56 Å². The molecule has 0 aliphatic rings. The minimum absolute atomic E-state index is 0.0401. The van der Waals surface area contributed by atoms with Crippen molar-refractivity contribution in [2.75, 3.05) is 0 Å². The van der Waals surface area contributed by atoms with Crippen LogP contribution in [0.5, 0.6) is 0 Å². The molecule has 0 unspecified atom stereocenters. The van der Waals surface area contributed by atoms with Gasteiger partial charge in [-0.25, -0.2) is 0 Å². The number of halogens is 3. The van der Waals surface area contributed by atoms with Crippen LogP contribution in [0.4, 0.5) is 13.2 Å². The first-order valence-corrected chi connectivity index (χ1v) is 8.82. The highest BCUT2D eigenvalue weighted by Crippen LogP contribution is 2.30. The molecule has 0 fully saturated rings. The van der Waals surface area contributed by atoms with Crippen LogP contribution >= 0.6 is 0 Å². The number of alkyl halides is 3. The number of carbonyl (C=O) groups excluding carboxylic acids is 1. The molecule has 1 amide bonds. The molecule has 0 spiro atoms. The number of benzene rings is 1. The third-order valence-corrected chi connectivity index (χ3v) is 4.54. The van der Waals surface area contributed by atoms with E-state index in [0.29, 0.717) is 17.2 Å². The average Bonchev–Trinajstić information content (AvgIpc) is 2.96. The lowest BCUT2D eigenvalue weighted by Gasteiger charge is -2.14. The van der Waals surface area contributed by atoms with Gasteiger partial charge < -0.3 is 9.73 Å². The van der Waals surface area contributed by atoms with Gasteiger partial charge in [-0.1, -0.05) is 6.07 Å². The van der Waals surface area contributed by atoms with Gasteiger partial charge in [0.2, 0.25) is 0 Å². The monoisotopic (exact) mass is 404 g/mol. The Morgan fingerprint density at radius 3 is 2.45 bits per heavy atom. The summed E-state index contributed by atoms with van der Waals surface area (Å²) in [4.78, 5) is 25.4. The van der Waals surface area contributed by atoms with Gasteiger partial charge >= 0.3 is 6.18 Å². The predicted molar refractivity (Wildman–Crippen MR) is 101 cm³/mol. The fourth-order valence-electron chi connectivity index (χ4n) is 3.08. The number of aromatic nitrogens is 1. The van der Waals surface area contributed by atoms with E-state index in [4.69, 9.17) is 4.42 Å². The minimum Gasteiger partial charge on any atom is -0.466 e. The summed E-state index contributed by atoms with van der Waals surface area (Å²) in [5, 5.41) is 2.65. The molecule has 1 aromatic carbocycles. The molecule has 0 bridgehead atoms. The first kappa shape index (κ1) is 20.4. The molecular formula is C21H19F3N2O3. The van der Waals surface area contributed by atoms with Crippen molar-refractivity contribution in [1.82, 2.24) is 9.88 Å². The Kier molecular flexibility index (Phi) is 5.37. The molecule has 5 nitrogen and oxygen atoms in total. The van der Waals surface area contributed by atoms with E-state index in [1.165, 1.54) is 24.3 Å². The number of hydrogen-bond donors (Lipinski definition) is 1. The molecule has 0 atom stereocenters. The number of aryl methyl sites for hydroxylation is 3. The van der Waals surface area contributed by atoms with Crippen LogP contribution in [0.25, 0.3) is 5.69 Å². The van der Waals surface area contributed by atoms with E-state index < -0.39 is 23.2 Å². The molecule has 0 radical (unpaired) electrons. The van der Waals surface area contributed by atoms with E-state index in [1.807, 2.05) is 0 Å². The second-order valence-electron chi connectivity index (χ2n) is 6.70. The molecule has 8 heteroatoms. The summed E-state index contributed by atoms with van der Waals surface area (Å²) in [7, 11) is 0. The van der Waals surface area contributed by atoms with Crippen LogP contribution in [-0.4, -0.2) is 10.5 Å². The smallest absolute Gasteiger partial charge is 0.416 e. The zero-order valence-electron chi connectivity index (χ0n) is 16.1. The second kappa shape index (κ2) is 7.62. The Morgan fingerprint density at radius 2 is 1.83 bits per heavy atom. The van der Waals surface area contributed by atoms with Crippen molar-refractivity contribution in [2.24, 2.45) is 0 Å². The van der Waals surface area contributed by atoms with E-state index in [-0.39, 0.29) is 17.8 Å². The van der Waals surface area contributed by atoms with Crippen LogP contribution in [0.1, 0.15) is 38.7 Å². The van der Waals surface area contributed by atoms with Crippen LogP contribution in [0.15, 0.2) is 51.7 Å². The molecule has 152 valence electrons. The third kappa shape index (κ3) is 4.26. The Labute approximate surface area is 164 Å². The zero-order valence-corrected chi connectivity index (χ0v) is 16.1. The topological polar surface area (TPSA) is 64.2 Å². The summed E-state index contributed by atoms with van der Waals surface area (Å²) in [6, 6.07) is 9.09. The van der Waals surface area contributed by atoms with Crippen molar-refractivity contribution >= 4 is 5.91 Å². The van der Waals surface area contributed by atoms with Gasteiger partial charge in [-0.2, -0.15) is 13.2 Å². The van der Waals surface area contributed by atoms with Gasteiger partial charge in [0, 0.05) is 23.5 Å². The Hall–Kier alpha value is -3.29. The maximum Gasteiger partial charge on any atom is 0.416 e. The summed E-state index contributed by atoms with van der Waals surface area (Å²) in [6.45, 7) is 5.30. The molecule has 0 saturated heterocycles. The normalized spacial score (nSPS) is 11.5. The van der Waals surface area contributed by atoms with E-state index in [2.05, 4.69) is 5.32 Å². The first-order valence-electron chi connectivity index (χ1n) is 8.82. The summed E-state index contributed by atoms with van der Waals surface area (Å²) in [6.07, 6.45) is -4.54. The lowest BCUT2D eigenvalue weighted by Crippen LogP contribution is -2.33. The maximum atomic E-state index is 13.0. The Balaban J connectivity index is 1.94. The summed E-state index contributed by atoms with van der Waals surface area (Å²) < 4.78 is 45.6. The number of nitrogens with one attached hydrogen (secondary N) is 1. The highest BCUT2D eigenvalue weighted by atomic mass is 19.4. The molecule has 0 aliphatic carbocycles. The lowest BCUT2D eigenvalue weighted by atomic mass is 10.1. The van der Waals surface area contributed by atoms with Gasteiger partial charge in [-0.05, 0) is 57.2 Å². The van der Waals surface area contributed by atoms with Crippen LogP contribution in [0.2, 0.25) is 0 Å². The first-order chi connectivity index (χ1) is 13.6. The predicted octanol–water partition coefficient (Wildman–Crippen LogP) is 4.30. The molecule has 3 aromatic rings. The molecule has 0 aliphatic heterocycles. The number of carbonyl (C=O) groups is 1. The summed E-state index contributed by atoms with van der Waals surface area (Å²) >= 11 is 0.